The number of rotatable bonds is 36. The lowest BCUT2D eigenvalue weighted by atomic mass is 10.0. The number of esters is 2. The number of carbonyl (C=O) groups is 2. The van der Waals surface area contributed by atoms with E-state index in [-0.39, 0.29) is 19.4 Å². The molecule has 0 radical (unpaired) electrons. The van der Waals surface area contributed by atoms with Crippen molar-refractivity contribution in [1.82, 2.24) is 0 Å². The molecular weight excluding hydrogens is 703 g/mol. The number of allylic oxidation sites excluding steroid dienone is 10. The molecule has 0 aliphatic rings. The molecule has 0 saturated carbocycles. The maximum Gasteiger partial charge on any atom is 0.469 e. The lowest BCUT2D eigenvalue weighted by molar-refractivity contribution is -0.161. The first-order valence-electron chi connectivity index (χ1n) is 20.7. The van der Waals surface area contributed by atoms with E-state index in [9.17, 15) is 19.3 Å². The van der Waals surface area contributed by atoms with Crippen LogP contribution in [0.1, 0.15) is 162 Å². The molecule has 0 aromatic rings. The molecule has 2 atom stereocenters. The van der Waals surface area contributed by atoms with Crippen molar-refractivity contribution in [2.24, 2.45) is 5.92 Å². The standard InChI is InChI=1S/C44H75O9P/c1-4-5-6-7-8-9-10-12-16-19-22-25-29-34-41(45)35-30-27-32-36-43(46)51-38-42(39-52-54(48,49)50)53-44(47)37-31-26-23-20-17-14-11-13-15-18-21-24-28-33-40(2)3/h5-6,8-9,12,16,22,25,27,29-30,34,40-42,45H,4,7,10-11,13-15,17-21,23-24,26,28,31-33,35-39H2,1-3H3,(H2,48,49,50)/b6-5-,9-8-,16-12-,25-22-,30-27-,34-29-/t41?,42-/m1/s1. The maximum absolute atomic E-state index is 12.4. The zero-order chi connectivity index (χ0) is 40.0. The minimum Gasteiger partial charge on any atom is -0.462 e. The van der Waals surface area contributed by atoms with E-state index in [1.807, 2.05) is 18.2 Å². The van der Waals surface area contributed by atoms with E-state index in [0.717, 1.165) is 50.9 Å². The number of hydrogen-bond donors (Lipinski definition) is 3. The van der Waals surface area contributed by atoms with Crippen molar-refractivity contribution >= 4 is 19.8 Å². The summed E-state index contributed by atoms with van der Waals surface area (Å²) in [4.78, 5) is 42.8. The number of unbranched alkanes of at least 4 members (excludes halogenated alkanes) is 12. The molecule has 9 nitrogen and oxygen atoms in total. The Hall–Kier alpha value is -2.55. The minimum atomic E-state index is -4.80. The van der Waals surface area contributed by atoms with Gasteiger partial charge in [-0.25, -0.2) is 4.57 Å². The summed E-state index contributed by atoms with van der Waals surface area (Å²) >= 11 is 0. The van der Waals surface area contributed by atoms with Crippen LogP contribution in [0.4, 0.5) is 0 Å². The largest absolute Gasteiger partial charge is 0.469 e. The monoisotopic (exact) mass is 779 g/mol. The highest BCUT2D eigenvalue weighted by atomic mass is 31.2. The quantitative estimate of drug-likeness (QED) is 0.0186. The SMILES string of the molecule is CC/C=C\C/C=C\C/C=C\C/C=C\C=C/C(O)C/C=C\CCC(=O)OC[C@H](COP(=O)(O)O)OC(=O)CCCCCCCCCCCCCCCC(C)C. The van der Waals surface area contributed by atoms with E-state index in [4.69, 9.17) is 19.3 Å². The lowest BCUT2D eigenvalue weighted by Crippen LogP contribution is -2.29. The summed E-state index contributed by atoms with van der Waals surface area (Å²) in [5.74, 6) is -0.256. The Kier molecular flexibility index (Phi) is 35.6. The molecule has 0 aromatic heterocycles. The number of phosphoric ester groups is 1. The third-order valence-electron chi connectivity index (χ3n) is 8.51. The highest BCUT2D eigenvalue weighted by Gasteiger charge is 2.22. The molecule has 0 aliphatic heterocycles. The van der Waals surface area contributed by atoms with Gasteiger partial charge in [-0.2, -0.15) is 0 Å². The number of aliphatic hydroxyl groups is 1. The third kappa shape index (κ3) is 40.6. The van der Waals surface area contributed by atoms with Gasteiger partial charge in [-0.15, -0.1) is 0 Å². The molecule has 0 saturated heterocycles. The van der Waals surface area contributed by atoms with Gasteiger partial charge in [0.2, 0.25) is 0 Å². The second-order valence-corrected chi connectivity index (χ2v) is 15.5. The predicted octanol–water partition coefficient (Wildman–Crippen LogP) is 11.5. The molecule has 0 amide bonds. The Bertz CT molecular complexity index is 1130. The first kappa shape index (κ1) is 51.5. The molecule has 1 unspecified atom stereocenters. The zero-order valence-corrected chi connectivity index (χ0v) is 34.8. The topological polar surface area (TPSA) is 140 Å². The number of ether oxygens (including phenoxy) is 2. The van der Waals surface area contributed by atoms with E-state index in [1.165, 1.54) is 64.2 Å². The molecule has 310 valence electrons. The highest BCUT2D eigenvalue weighted by Crippen LogP contribution is 2.36. The van der Waals surface area contributed by atoms with Gasteiger partial charge in [-0.3, -0.25) is 14.1 Å². The van der Waals surface area contributed by atoms with Crippen molar-refractivity contribution in [3.05, 3.63) is 72.9 Å². The summed E-state index contributed by atoms with van der Waals surface area (Å²) in [5, 5.41) is 10.1. The highest BCUT2D eigenvalue weighted by molar-refractivity contribution is 7.46. The summed E-state index contributed by atoms with van der Waals surface area (Å²) in [7, 11) is -4.80. The lowest BCUT2D eigenvalue weighted by Gasteiger charge is -2.18. The molecule has 3 N–H and O–H groups in total. The number of hydrogen-bond acceptors (Lipinski definition) is 7. The Morgan fingerprint density at radius 2 is 1.17 bits per heavy atom. The van der Waals surface area contributed by atoms with Crippen LogP contribution < -0.4 is 0 Å². The van der Waals surface area contributed by atoms with Crippen LogP contribution in [-0.2, 0) is 28.2 Å². The van der Waals surface area contributed by atoms with Gasteiger partial charge in [-0.05, 0) is 50.9 Å². The molecule has 0 aromatic carbocycles. The molecule has 0 bridgehead atoms. The zero-order valence-electron chi connectivity index (χ0n) is 33.9. The van der Waals surface area contributed by atoms with Gasteiger partial charge in [0.25, 0.3) is 0 Å². The van der Waals surface area contributed by atoms with Crippen molar-refractivity contribution in [2.45, 2.75) is 174 Å². The second-order valence-electron chi connectivity index (χ2n) is 14.3. The van der Waals surface area contributed by atoms with Crippen molar-refractivity contribution in [1.29, 1.82) is 0 Å². The van der Waals surface area contributed by atoms with Gasteiger partial charge in [0.1, 0.15) is 6.61 Å². The Morgan fingerprint density at radius 1 is 0.630 bits per heavy atom. The van der Waals surface area contributed by atoms with Gasteiger partial charge in [0.15, 0.2) is 6.10 Å². The van der Waals surface area contributed by atoms with E-state index in [0.29, 0.717) is 19.3 Å². The van der Waals surface area contributed by atoms with Crippen LogP contribution >= 0.6 is 7.82 Å². The molecule has 0 spiro atoms. The van der Waals surface area contributed by atoms with Crippen LogP contribution in [0, 0.1) is 5.92 Å². The van der Waals surface area contributed by atoms with Crippen molar-refractivity contribution in [3.63, 3.8) is 0 Å². The van der Waals surface area contributed by atoms with Crippen molar-refractivity contribution in [2.75, 3.05) is 13.2 Å². The van der Waals surface area contributed by atoms with Gasteiger partial charge in [0, 0.05) is 12.8 Å². The Balaban J connectivity index is 4.15. The van der Waals surface area contributed by atoms with Gasteiger partial charge < -0.3 is 24.4 Å². The number of aliphatic hydroxyl groups excluding tert-OH is 1. The van der Waals surface area contributed by atoms with Crippen molar-refractivity contribution in [3.8, 4) is 0 Å². The summed E-state index contributed by atoms with van der Waals surface area (Å²) in [6, 6.07) is 0. The second kappa shape index (κ2) is 37.4. The summed E-state index contributed by atoms with van der Waals surface area (Å²) in [6.07, 6.45) is 43.7. The summed E-state index contributed by atoms with van der Waals surface area (Å²) in [5.41, 5.74) is 0. The number of phosphoric acid groups is 1. The molecule has 0 heterocycles. The normalized spacial score (nSPS) is 13.9. The molecule has 0 fully saturated rings. The summed E-state index contributed by atoms with van der Waals surface area (Å²) < 4.78 is 26.3. The Labute approximate surface area is 328 Å². The summed E-state index contributed by atoms with van der Waals surface area (Å²) in [6.45, 7) is 5.74. The molecule has 54 heavy (non-hydrogen) atoms. The minimum absolute atomic E-state index is 0.0585. The van der Waals surface area contributed by atoms with Gasteiger partial charge >= 0.3 is 19.8 Å². The molecule has 0 aliphatic carbocycles. The molecular formula is C44H75O9P. The fourth-order valence-corrected chi connectivity index (χ4v) is 5.79. The van der Waals surface area contributed by atoms with E-state index < -0.39 is 38.6 Å². The van der Waals surface area contributed by atoms with E-state index in [2.05, 4.69) is 61.8 Å². The van der Waals surface area contributed by atoms with E-state index in [1.54, 1.807) is 18.2 Å². The number of carbonyl (C=O) groups excluding carboxylic acids is 2. The average molecular weight is 779 g/mol. The van der Waals surface area contributed by atoms with Crippen LogP contribution in [0.5, 0.6) is 0 Å². The van der Waals surface area contributed by atoms with Crippen LogP contribution in [0.15, 0.2) is 72.9 Å². The van der Waals surface area contributed by atoms with Crippen LogP contribution in [0.25, 0.3) is 0 Å². The predicted molar refractivity (Wildman–Crippen MR) is 222 cm³/mol. The first-order chi connectivity index (χ1) is 26.0. The van der Waals surface area contributed by atoms with Crippen LogP contribution in [0.3, 0.4) is 0 Å². The van der Waals surface area contributed by atoms with Crippen molar-refractivity contribution < 1.29 is 43.0 Å². The average Bonchev–Trinajstić information content (AvgIpc) is 3.12. The molecule has 10 heteroatoms. The van der Waals surface area contributed by atoms with Crippen LogP contribution in [-0.4, -0.2) is 52.3 Å². The Morgan fingerprint density at radius 3 is 1.72 bits per heavy atom. The fourth-order valence-electron chi connectivity index (χ4n) is 5.43. The maximum atomic E-state index is 12.4. The van der Waals surface area contributed by atoms with Crippen LogP contribution in [0.2, 0.25) is 0 Å². The molecule has 0 rings (SSSR count). The third-order valence-corrected chi connectivity index (χ3v) is 9.00. The smallest absolute Gasteiger partial charge is 0.462 e. The first-order valence-corrected chi connectivity index (χ1v) is 22.2. The fraction of sp³-hybridized carbons (Fsp3) is 0.682. The van der Waals surface area contributed by atoms with Gasteiger partial charge in [-0.1, -0.05) is 177 Å². The van der Waals surface area contributed by atoms with E-state index >= 15 is 0 Å². The van der Waals surface area contributed by atoms with Gasteiger partial charge in [0.05, 0.1) is 12.7 Å².